The van der Waals surface area contributed by atoms with Crippen LogP contribution < -0.4 is 5.32 Å². The summed E-state index contributed by atoms with van der Waals surface area (Å²) < 4.78 is 15.4. The summed E-state index contributed by atoms with van der Waals surface area (Å²) in [5.41, 5.74) is 1.71. The van der Waals surface area contributed by atoms with Crippen LogP contribution in [-0.4, -0.2) is 20.0 Å². The second kappa shape index (κ2) is 6.23. The first kappa shape index (κ1) is 14.6. The van der Waals surface area contributed by atoms with E-state index in [-0.39, 0.29) is 11.9 Å². The van der Waals surface area contributed by atoms with Crippen molar-refractivity contribution in [1.82, 2.24) is 20.0 Å². The van der Waals surface area contributed by atoms with E-state index in [2.05, 4.69) is 20.6 Å². The van der Waals surface area contributed by atoms with Gasteiger partial charge in [0.25, 0.3) is 0 Å². The molecular weight excluding hydrogens is 301 g/mol. The summed E-state index contributed by atoms with van der Waals surface area (Å²) in [7, 11) is 1.88. The number of aryl methyl sites for hydroxylation is 1. The summed E-state index contributed by atoms with van der Waals surface area (Å²) in [6.07, 6.45) is 4.23. The van der Waals surface area contributed by atoms with Crippen molar-refractivity contribution in [3.63, 3.8) is 0 Å². The number of halogens is 1. The Hall–Kier alpha value is -2.28. The first-order valence-electron chi connectivity index (χ1n) is 6.92. The van der Waals surface area contributed by atoms with Crippen LogP contribution >= 0.6 is 11.3 Å². The van der Waals surface area contributed by atoms with Crippen molar-refractivity contribution < 1.29 is 4.39 Å². The Balaban J connectivity index is 1.67. The third-order valence-electron chi connectivity index (χ3n) is 3.33. The zero-order valence-electron chi connectivity index (χ0n) is 12.3. The van der Waals surface area contributed by atoms with Crippen LogP contribution in [0.15, 0.2) is 36.7 Å². The summed E-state index contributed by atoms with van der Waals surface area (Å²) in [6, 6.07) is 6.81. The Kier molecular flexibility index (Phi) is 4.15. The second-order valence-electron chi connectivity index (χ2n) is 5.08. The van der Waals surface area contributed by atoms with Crippen LogP contribution in [-0.2, 0) is 13.5 Å². The number of benzene rings is 1. The Morgan fingerprint density at radius 1 is 1.32 bits per heavy atom. The lowest BCUT2D eigenvalue weighted by molar-refractivity contribution is 0.613. The van der Waals surface area contributed by atoms with E-state index in [9.17, 15) is 4.39 Å². The van der Waals surface area contributed by atoms with Gasteiger partial charge in [0, 0.05) is 25.2 Å². The van der Waals surface area contributed by atoms with Crippen LogP contribution in [0.5, 0.6) is 0 Å². The topological polar surface area (TPSA) is 55.6 Å². The van der Waals surface area contributed by atoms with Crippen molar-refractivity contribution in [3.05, 3.63) is 58.6 Å². The molecule has 22 heavy (non-hydrogen) atoms. The van der Waals surface area contributed by atoms with Gasteiger partial charge in [-0.1, -0.05) is 29.5 Å². The fourth-order valence-electron chi connectivity index (χ4n) is 2.12. The SMILES string of the molecule is CC(Nc1nnc(Cc2ccccc2F)s1)c1cnn(C)c1. The molecule has 2 aromatic heterocycles. The van der Waals surface area contributed by atoms with E-state index in [0.29, 0.717) is 12.0 Å². The maximum Gasteiger partial charge on any atom is 0.206 e. The maximum absolute atomic E-state index is 13.6. The molecule has 1 N–H and O–H groups in total. The van der Waals surface area contributed by atoms with Gasteiger partial charge in [0.2, 0.25) is 5.13 Å². The van der Waals surface area contributed by atoms with E-state index in [1.54, 1.807) is 16.8 Å². The molecule has 3 aromatic rings. The third kappa shape index (κ3) is 3.30. The second-order valence-corrected chi connectivity index (χ2v) is 6.14. The number of nitrogens with one attached hydrogen (secondary N) is 1. The molecule has 1 atom stereocenters. The molecule has 0 aliphatic heterocycles. The average molecular weight is 317 g/mol. The molecule has 0 aliphatic carbocycles. The zero-order valence-corrected chi connectivity index (χ0v) is 13.1. The van der Waals surface area contributed by atoms with Crippen molar-refractivity contribution in [1.29, 1.82) is 0 Å². The molecular formula is C15H16FN5S. The van der Waals surface area contributed by atoms with Gasteiger partial charge in [-0.05, 0) is 18.6 Å². The molecule has 114 valence electrons. The molecule has 3 rings (SSSR count). The number of nitrogens with zero attached hydrogens (tertiary/aromatic N) is 4. The minimum absolute atomic E-state index is 0.0861. The maximum atomic E-state index is 13.6. The van der Waals surface area contributed by atoms with E-state index in [1.165, 1.54) is 17.4 Å². The summed E-state index contributed by atoms with van der Waals surface area (Å²) in [6.45, 7) is 2.04. The van der Waals surface area contributed by atoms with Crippen LogP contribution in [0.2, 0.25) is 0 Å². The first-order chi connectivity index (χ1) is 10.6. The quantitative estimate of drug-likeness (QED) is 0.785. The molecule has 0 spiro atoms. The fraction of sp³-hybridized carbons (Fsp3) is 0.267. The lowest BCUT2D eigenvalue weighted by atomic mass is 10.1. The van der Waals surface area contributed by atoms with Crippen molar-refractivity contribution in [3.8, 4) is 0 Å². The summed E-state index contributed by atoms with van der Waals surface area (Å²) in [5.74, 6) is -0.212. The molecule has 0 amide bonds. The molecule has 0 bridgehead atoms. The zero-order chi connectivity index (χ0) is 15.5. The van der Waals surface area contributed by atoms with E-state index >= 15 is 0 Å². The molecule has 0 fully saturated rings. The summed E-state index contributed by atoms with van der Waals surface area (Å²) in [5, 5.41) is 17.2. The monoisotopic (exact) mass is 317 g/mol. The van der Waals surface area contributed by atoms with Gasteiger partial charge in [0.1, 0.15) is 10.8 Å². The highest BCUT2D eigenvalue weighted by Gasteiger charge is 2.12. The highest BCUT2D eigenvalue weighted by atomic mass is 32.1. The minimum Gasteiger partial charge on any atom is -0.353 e. The lowest BCUT2D eigenvalue weighted by Crippen LogP contribution is -2.05. The lowest BCUT2D eigenvalue weighted by Gasteiger charge is -2.09. The smallest absolute Gasteiger partial charge is 0.206 e. The normalized spacial score (nSPS) is 12.3. The standard InChI is InChI=1S/C15H16FN5S/c1-10(12-8-17-21(2)9-12)18-15-20-19-14(22-15)7-11-5-3-4-6-13(11)16/h3-6,8-10H,7H2,1-2H3,(H,18,20). The number of anilines is 1. The number of hydrogen-bond donors (Lipinski definition) is 1. The molecule has 7 heteroatoms. The molecule has 0 aliphatic rings. The van der Waals surface area contributed by atoms with Crippen molar-refractivity contribution >= 4 is 16.5 Å². The van der Waals surface area contributed by atoms with Crippen molar-refractivity contribution in [2.45, 2.75) is 19.4 Å². The van der Waals surface area contributed by atoms with Crippen molar-refractivity contribution in [2.24, 2.45) is 7.05 Å². The van der Waals surface area contributed by atoms with Crippen molar-refractivity contribution in [2.75, 3.05) is 5.32 Å². The predicted molar refractivity (Wildman–Crippen MR) is 84.4 cm³/mol. The van der Waals surface area contributed by atoms with Gasteiger partial charge in [-0.2, -0.15) is 5.10 Å². The van der Waals surface area contributed by atoms with Crippen LogP contribution in [0.25, 0.3) is 0 Å². The minimum atomic E-state index is -0.212. The number of hydrogen-bond acceptors (Lipinski definition) is 5. The average Bonchev–Trinajstić information content (AvgIpc) is 3.11. The van der Waals surface area contributed by atoms with E-state index in [4.69, 9.17) is 0 Å². The van der Waals surface area contributed by atoms with Gasteiger partial charge >= 0.3 is 0 Å². The molecule has 0 radical (unpaired) electrons. The van der Waals surface area contributed by atoms with E-state index in [1.807, 2.05) is 32.4 Å². The first-order valence-corrected chi connectivity index (χ1v) is 7.74. The van der Waals surface area contributed by atoms with Gasteiger partial charge in [0.05, 0.1) is 12.2 Å². The van der Waals surface area contributed by atoms with Crippen LogP contribution in [0.3, 0.4) is 0 Å². The highest BCUT2D eigenvalue weighted by Crippen LogP contribution is 2.24. The Labute approximate surface area is 131 Å². The number of rotatable bonds is 5. The molecule has 1 unspecified atom stereocenters. The molecule has 2 heterocycles. The highest BCUT2D eigenvalue weighted by molar-refractivity contribution is 7.15. The number of aromatic nitrogens is 4. The van der Waals surface area contributed by atoms with Crippen LogP contribution in [0.1, 0.15) is 29.1 Å². The van der Waals surface area contributed by atoms with Gasteiger partial charge in [-0.3, -0.25) is 4.68 Å². The Bertz CT molecular complexity index is 767. The predicted octanol–water partition coefficient (Wildman–Crippen LogP) is 3.17. The van der Waals surface area contributed by atoms with E-state index in [0.717, 1.165) is 15.7 Å². The van der Waals surface area contributed by atoms with Gasteiger partial charge in [-0.25, -0.2) is 4.39 Å². The van der Waals surface area contributed by atoms with Crippen LogP contribution in [0, 0.1) is 5.82 Å². The van der Waals surface area contributed by atoms with E-state index < -0.39 is 0 Å². The Morgan fingerprint density at radius 3 is 2.86 bits per heavy atom. The molecule has 5 nitrogen and oxygen atoms in total. The summed E-state index contributed by atoms with van der Waals surface area (Å²) in [4.78, 5) is 0. The Morgan fingerprint density at radius 2 is 2.14 bits per heavy atom. The third-order valence-corrected chi connectivity index (χ3v) is 4.19. The van der Waals surface area contributed by atoms with Crippen LogP contribution in [0.4, 0.5) is 9.52 Å². The summed E-state index contributed by atoms with van der Waals surface area (Å²) >= 11 is 1.44. The fourth-order valence-corrected chi connectivity index (χ4v) is 2.97. The van der Waals surface area contributed by atoms with Gasteiger partial charge in [-0.15, -0.1) is 10.2 Å². The van der Waals surface area contributed by atoms with Gasteiger partial charge in [0.15, 0.2) is 0 Å². The largest absolute Gasteiger partial charge is 0.353 e. The molecule has 0 saturated carbocycles. The molecule has 1 aromatic carbocycles. The molecule has 0 saturated heterocycles. The van der Waals surface area contributed by atoms with Gasteiger partial charge < -0.3 is 5.32 Å².